The summed E-state index contributed by atoms with van der Waals surface area (Å²) in [5, 5.41) is 8.80. The van der Waals surface area contributed by atoms with Crippen LogP contribution in [-0.4, -0.2) is 15.8 Å². The number of imidazole rings is 1. The Hall–Kier alpha value is -1.46. The summed E-state index contributed by atoms with van der Waals surface area (Å²) in [7, 11) is 0. The van der Waals surface area contributed by atoms with Gasteiger partial charge in [0.05, 0.1) is 0 Å². The van der Waals surface area contributed by atoms with Gasteiger partial charge in [0.25, 0.3) is 0 Å². The lowest BCUT2D eigenvalue weighted by Crippen LogP contribution is -2.10. The van der Waals surface area contributed by atoms with E-state index in [9.17, 15) is 0 Å². The average molecular weight is 267 g/mol. The number of hydrogen-bond acceptors (Lipinski definition) is 3. The molecule has 6 heteroatoms. The number of nitrogens with two attached hydrogens (primary N) is 1. The van der Waals surface area contributed by atoms with Gasteiger partial charge in [0.15, 0.2) is 5.16 Å². The molecule has 88 valence electrons. The van der Waals surface area contributed by atoms with Gasteiger partial charge in [0, 0.05) is 28.7 Å². The van der Waals surface area contributed by atoms with E-state index in [4.69, 9.17) is 22.7 Å². The number of aromatic amines is 1. The third-order valence-corrected chi connectivity index (χ3v) is 3.51. The molecule has 0 saturated carbocycles. The molecular weight excluding hydrogens is 256 g/mol. The monoisotopic (exact) mass is 266 g/mol. The first-order chi connectivity index (χ1) is 8.16. The smallest absolute Gasteiger partial charge is 0.165 e. The number of aromatic nitrogens is 2. The molecule has 0 fully saturated rings. The first-order valence-corrected chi connectivity index (χ1v) is 6.28. The minimum absolute atomic E-state index is 0.0251. The number of nitrogens with one attached hydrogen (secondary N) is 2. The summed E-state index contributed by atoms with van der Waals surface area (Å²) in [4.78, 5) is 7.13. The first kappa shape index (κ1) is 12.0. The molecule has 0 unspecified atom stereocenters. The summed E-state index contributed by atoms with van der Waals surface area (Å²) < 4.78 is 0. The number of rotatable bonds is 4. The lowest BCUT2D eigenvalue weighted by atomic mass is 10.1. The van der Waals surface area contributed by atoms with Gasteiger partial charge in [0.1, 0.15) is 5.84 Å². The highest BCUT2D eigenvalue weighted by molar-refractivity contribution is 7.98. The number of benzene rings is 1. The van der Waals surface area contributed by atoms with Crippen LogP contribution in [0.25, 0.3) is 0 Å². The Labute approximate surface area is 108 Å². The Morgan fingerprint density at radius 3 is 2.94 bits per heavy atom. The van der Waals surface area contributed by atoms with Gasteiger partial charge < -0.3 is 10.7 Å². The SMILES string of the molecule is N=C(N)c1ccc(CSc2ncc[nH]2)c(Cl)c1. The van der Waals surface area contributed by atoms with Gasteiger partial charge in [-0.3, -0.25) is 5.41 Å². The Morgan fingerprint density at radius 1 is 1.53 bits per heavy atom. The number of hydrogen-bond donors (Lipinski definition) is 3. The minimum Gasteiger partial charge on any atom is -0.384 e. The molecule has 4 nitrogen and oxygen atoms in total. The fourth-order valence-electron chi connectivity index (χ4n) is 1.31. The second-order valence-electron chi connectivity index (χ2n) is 3.40. The summed E-state index contributed by atoms with van der Waals surface area (Å²) in [5.74, 6) is 0.752. The van der Waals surface area contributed by atoms with Crippen LogP contribution in [0.4, 0.5) is 0 Å². The van der Waals surface area contributed by atoms with Crippen LogP contribution in [-0.2, 0) is 5.75 Å². The van der Waals surface area contributed by atoms with Gasteiger partial charge in [-0.2, -0.15) is 0 Å². The largest absolute Gasteiger partial charge is 0.384 e. The minimum atomic E-state index is 0.0251. The Morgan fingerprint density at radius 2 is 2.35 bits per heavy atom. The van der Waals surface area contributed by atoms with E-state index in [2.05, 4.69) is 9.97 Å². The van der Waals surface area contributed by atoms with Gasteiger partial charge in [-0.15, -0.1) is 0 Å². The molecule has 0 spiro atoms. The molecule has 17 heavy (non-hydrogen) atoms. The molecule has 4 N–H and O–H groups in total. The molecule has 1 heterocycles. The third-order valence-electron chi connectivity index (χ3n) is 2.20. The fourth-order valence-corrected chi connectivity index (χ4v) is 2.47. The first-order valence-electron chi connectivity index (χ1n) is 4.92. The molecule has 0 aliphatic rings. The van der Waals surface area contributed by atoms with Crippen LogP contribution in [0.5, 0.6) is 0 Å². The average Bonchev–Trinajstić information content (AvgIpc) is 2.80. The molecule has 0 aliphatic heterocycles. The third kappa shape index (κ3) is 3.01. The number of H-pyrrole nitrogens is 1. The Kier molecular flexibility index (Phi) is 3.71. The van der Waals surface area contributed by atoms with Crippen molar-refractivity contribution in [2.24, 2.45) is 5.73 Å². The van der Waals surface area contributed by atoms with E-state index in [1.165, 1.54) is 0 Å². The molecule has 0 atom stereocenters. The Bertz CT molecular complexity index is 524. The van der Waals surface area contributed by atoms with Crippen LogP contribution in [0.2, 0.25) is 5.02 Å². The van der Waals surface area contributed by atoms with Crippen molar-refractivity contribution in [3.63, 3.8) is 0 Å². The molecule has 1 aromatic heterocycles. The van der Waals surface area contributed by atoms with Gasteiger partial charge in [-0.25, -0.2) is 4.98 Å². The standard InChI is InChI=1S/C11H11ClN4S/c12-9-5-7(10(13)14)1-2-8(9)6-17-11-15-3-4-16-11/h1-5H,6H2,(H3,13,14)(H,15,16). The molecule has 0 radical (unpaired) electrons. The van der Waals surface area contributed by atoms with Crippen LogP contribution in [0.3, 0.4) is 0 Å². The van der Waals surface area contributed by atoms with E-state index >= 15 is 0 Å². The van der Waals surface area contributed by atoms with Crippen molar-refractivity contribution in [3.8, 4) is 0 Å². The fraction of sp³-hybridized carbons (Fsp3) is 0.0909. The van der Waals surface area contributed by atoms with E-state index in [0.29, 0.717) is 10.6 Å². The van der Waals surface area contributed by atoms with Crippen molar-refractivity contribution < 1.29 is 0 Å². The van der Waals surface area contributed by atoms with E-state index in [1.54, 1.807) is 36.3 Å². The highest BCUT2D eigenvalue weighted by Crippen LogP contribution is 2.25. The zero-order valence-corrected chi connectivity index (χ0v) is 10.5. The maximum absolute atomic E-state index is 7.32. The van der Waals surface area contributed by atoms with E-state index in [1.807, 2.05) is 6.07 Å². The number of nitrogens with zero attached hydrogens (tertiary/aromatic N) is 1. The van der Waals surface area contributed by atoms with Crippen molar-refractivity contribution in [2.45, 2.75) is 10.9 Å². The lowest BCUT2D eigenvalue weighted by molar-refractivity contribution is 1.06. The van der Waals surface area contributed by atoms with Crippen molar-refractivity contribution in [1.29, 1.82) is 5.41 Å². The maximum atomic E-state index is 7.32. The highest BCUT2D eigenvalue weighted by atomic mass is 35.5. The van der Waals surface area contributed by atoms with Crippen molar-refractivity contribution in [1.82, 2.24) is 9.97 Å². The maximum Gasteiger partial charge on any atom is 0.165 e. The predicted octanol–water partition coefficient (Wildman–Crippen LogP) is 2.64. The number of nitrogen functional groups attached to an aromatic ring is 1. The van der Waals surface area contributed by atoms with E-state index in [0.717, 1.165) is 16.5 Å². The van der Waals surface area contributed by atoms with E-state index in [-0.39, 0.29) is 5.84 Å². The number of halogens is 1. The topological polar surface area (TPSA) is 78.6 Å². The summed E-state index contributed by atoms with van der Waals surface area (Å²) in [5.41, 5.74) is 7.03. The normalized spacial score (nSPS) is 10.4. The second kappa shape index (κ2) is 5.25. The quantitative estimate of drug-likeness (QED) is 0.452. The van der Waals surface area contributed by atoms with Crippen LogP contribution in [0, 0.1) is 5.41 Å². The molecule has 0 saturated heterocycles. The van der Waals surface area contributed by atoms with Crippen LogP contribution < -0.4 is 5.73 Å². The van der Waals surface area contributed by atoms with Crippen LogP contribution in [0.15, 0.2) is 35.7 Å². The number of thioether (sulfide) groups is 1. The molecule has 1 aromatic carbocycles. The Balaban J connectivity index is 2.09. The summed E-state index contributed by atoms with van der Waals surface area (Å²) in [6.45, 7) is 0. The second-order valence-corrected chi connectivity index (χ2v) is 4.77. The highest BCUT2D eigenvalue weighted by Gasteiger charge is 2.05. The molecule has 2 rings (SSSR count). The van der Waals surface area contributed by atoms with Crippen molar-refractivity contribution in [3.05, 3.63) is 46.7 Å². The lowest BCUT2D eigenvalue weighted by Gasteiger charge is -2.05. The van der Waals surface area contributed by atoms with Gasteiger partial charge in [-0.1, -0.05) is 35.5 Å². The van der Waals surface area contributed by atoms with E-state index < -0.39 is 0 Å². The molecule has 0 aliphatic carbocycles. The predicted molar refractivity (Wildman–Crippen MR) is 70.6 cm³/mol. The summed E-state index contributed by atoms with van der Waals surface area (Å²) >= 11 is 7.69. The van der Waals surface area contributed by atoms with Crippen molar-refractivity contribution >= 4 is 29.2 Å². The zero-order valence-electron chi connectivity index (χ0n) is 8.90. The molecule has 0 amide bonds. The molecule has 2 aromatic rings. The zero-order chi connectivity index (χ0) is 12.3. The van der Waals surface area contributed by atoms with Gasteiger partial charge in [0.2, 0.25) is 0 Å². The van der Waals surface area contributed by atoms with Gasteiger partial charge in [-0.05, 0) is 11.6 Å². The molecular formula is C11H11ClN4S. The molecule has 0 bridgehead atoms. The van der Waals surface area contributed by atoms with Crippen LogP contribution >= 0.6 is 23.4 Å². The van der Waals surface area contributed by atoms with Gasteiger partial charge >= 0.3 is 0 Å². The van der Waals surface area contributed by atoms with Crippen molar-refractivity contribution in [2.75, 3.05) is 0 Å². The number of amidine groups is 1. The van der Waals surface area contributed by atoms with Crippen LogP contribution in [0.1, 0.15) is 11.1 Å². The summed E-state index contributed by atoms with van der Waals surface area (Å²) in [6, 6.07) is 5.39. The summed E-state index contributed by atoms with van der Waals surface area (Å²) in [6.07, 6.45) is 3.49.